The van der Waals surface area contributed by atoms with E-state index in [1.165, 1.54) is 7.11 Å². The Bertz CT molecular complexity index is 701. The maximum atomic E-state index is 12.8. The lowest BCUT2D eigenvalue weighted by Crippen LogP contribution is -2.69. The van der Waals surface area contributed by atoms with Crippen molar-refractivity contribution in [1.29, 1.82) is 0 Å². The van der Waals surface area contributed by atoms with Crippen molar-refractivity contribution in [3.8, 4) is 0 Å². The fourth-order valence-electron chi connectivity index (χ4n) is 5.73. The van der Waals surface area contributed by atoms with Crippen LogP contribution in [0.3, 0.4) is 0 Å². The molecule has 0 aromatic heterocycles. The number of ketones is 1. The van der Waals surface area contributed by atoms with Crippen LogP contribution in [0, 0.1) is 16.7 Å². The highest BCUT2D eigenvalue weighted by Gasteiger charge is 2.80. The topological polar surface area (TPSA) is 52.6 Å². The van der Waals surface area contributed by atoms with E-state index >= 15 is 0 Å². The van der Waals surface area contributed by atoms with Gasteiger partial charge in [0.05, 0.1) is 13.2 Å². The largest absolute Gasteiger partial charge is 0.468 e. The fourth-order valence-corrected chi connectivity index (χ4v) is 8.50. The van der Waals surface area contributed by atoms with Gasteiger partial charge in [-0.05, 0) is 43.5 Å². The van der Waals surface area contributed by atoms with Gasteiger partial charge in [0.15, 0.2) is 14.1 Å². The second-order valence-corrected chi connectivity index (χ2v) is 12.3. The summed E-state index contributed by atoms with van der Waals surface area (Å²) in [6, 6.07) is 11.1. The number of hydrogen-bond donors (Lipinski definition) is 0. The second-order valence-electron chi connectivity index (χ2n) is 8.13. The van der Waals surface area contributed by atoms with Gasteiger partial charge < -0.3 is 9.16 Å². The summed E-state index contributed by atoms with van der Waals surface area (Å²) in [5.41, 5.74) is -0.316. The molecular weight excluding hydrogens is 320 g/mol. The molecule has 1 aromatic rings. The van der Waals surface area contributed by atoms with Gasteiger partial charge in [-0.3, -0.25) is 9.59 Å². The predicted molar refractivity (Wildman–Crippen MR) is 91.8 cm³/mol. The maximum absolute atomic E-state index is 12.8. The summed E-state index contributed by atoms with van der Waals surface area (Å²) in [4.78, 5) is 25.5. The maximum Gasteiger partial charge on any atom is 0.320 e. The Morgan fingerprint density at radius 3 is 2.67 bits per heavy atom. The fraction of sp³-hybridized carbons (Fsp3) is 0.579. The molecule has 3 fully saturated rings. The van der Waals surface area contributed by atoms with Gasteiger partial charge in [-0.2, -0.15) is 0 Å². The van der Waals surface area contributed by atoms with Crippen molar-refractivity contribution in [1.82, 2.24) is 0 Å². The minimum atomic E-state index is -1.82. The molecule has 4 rings (SSSR count). The smallest absolute Gasteiger partial charge is 0.320 e. The van der Waals surface area contributed by atoms with Crippen LogP contribution in [0.5, 0.6) is 0 Å². The zero-order valence-corrected chi connectivity index (χ0v) is 15.5. The third kappa shape index (κ3) is 1.77. The summed E-state index contributed by atoms with van der Waals surface area (Å²) in [5.74, 6) is 0.0762. The average Bonchev–Trinajstić information content (AvgIpc) is 2.77. The number of esters is 1. The Kier molecular flexibility index (Phi) is 3.35. The number of ether oxygens (including phenoxy) is 1. The lowest BCUT2D eigenvalue weighted by molar-refractivity contribution is -0.215. The molecule has 0 amide bonds. The van der Waals surface area contributed by atoms with Gasteiger partial charge in [0.1, 0.15) is 5.41 Å². The van der Waals surface area contributed by atoms with Crippen molar-refractivity contribution in [3.05, 3.63) is 35.9 Å². The SMILES string of the molecule is COC(=O)[C@]12C[C@H]3C[Si](C)(C)O[C@H](c4ccccc4)[C@]31CCC2=O. The third-order valence-corrected chi connectivity index (χ3v) is 8.95. The number of hydrogen-bond acceptors (Lipinski definition) is 4. The van der Waals surface area contributed by atoms with Crippen molar-refractivity contribution in [3.63, 3.8) is 0 Å². The van der Waals surface area contributed by atoms with Crippen LogP contribution in [-0.4, -0.2) is 27.2 Å². The third-order valence-electron chi connectivity index (χ3n) is 6.60. The van der Waals surface area contributed by atoms with Crippen LogP contribution in [0.2, 0.25) is 19.1 Å². The van der Waals surface area contributed by atoms with Gasteiger partial charge in [0, 0.05) is 11.8 Å². The highest BCUT2D eigenvalue weighted by molar-refractivity contribution is 6.71. The van der Waals surface area contributed by atoms with Crippen LogP contribution in [0.4, 0.5) is 0 Å². The zero-order valence-electron chi connectivity index (χ0n) is 14.5. The predicted octanol–water partition coefficient (Wildman–Crippen LogP) is 3.49. The molecule has 0 unspecified atom stereocenters. The van der Waals surface area contributed by atoms with E-state index in [-0.39, 0.29) is 17.9 Å². The Morgan fingerprint density at radius 1 is 1.29 bits per heavy atom. The highest BCUT2D eigenvalue weighted by Crippen LogP contribution is 2.77. The first-order valence-corrected chi connectivity index (χ1v) is 11.8. The van der Waals surface area contributed by atoms with Crippen molar-refractivity contribution >= 4 is 20.1 Å². The number of methoxy groups -OCH3 is 1. The van der Waals surface area contributed by atoms with Crippen molar-refractivity contribution < 1.29 is 18.8 Å². The van der Waals surface area contributed by atoms with Crippen LogP contribution < -0.4 is 0 Å². The van der Waals surface area contributed by atoms with Crippen LogP contribution in [0.15, 0.2) is 30.3 Å². The summed E-state index contributed by atoms with van der Waals surface area (Å²) in [6.45, 7) is 4.48. The van der Waals surface area contributed by atoms with E-state index < -0.39 is 19.1 Å². The summed E-state index contributed by atoms with van der Waals surface area (Å²) in [5, 5.41) is 0. The molecule has 1 aliphatic heterocycles. The summed E-state index contributed by atoms with van der Waals surface area (Å²) < 4.78 is 11.8. The number of carbonyl (C=O) groups is 2. The summed E-state index contributed by atoms with van der Waals surface area (Å²) in [6.07, 6.45) is 1.65. The van der Waals surface area contributed by atoms with Gasteiger partial charge in [-0.15, -0.1) is 0 Å². The Morgan fingerprint density at radius 2 is 2.00 bits per heavy atom. The van der Waals surface area contributed by atoms with E-state index in [9.17, 15) is 9.59 Å². The Hall–Kier alpha value is -1.46. The van der Waals surface area contributed by atoms with Gasteiger partial charge in [0.25, 0.3) is 0 Å². The lowest BCUT2D eigenvalue weighted by atomic mass is 9.42. The number of rotatable bonds is 2. The standard InChI is InChI=1S/C19H24O4Si/c1-22-17(21)19-11-14-12-24(2,3)23-16(13-7-5-4-6-8-13)18(14,19)10-9-15(19)20/h4-8,14,16H,9-12H2,1-3H3/t14-,16+,18-,19+/m0/s1. The van der Waals surface area contributed by atoms with Crippen LogP contribution in [0.1, 0.15) is 30.9 Å². The molecule has 5 heteroatoms. The van der Waals surface area contributed by atoms with Gasteiger partial charge in [0.2, 0.25) is 0 Å². The monoisotopic (exact) mass is 344 g/mol. The molecule has 1 spiro atoms. The van der Waals surface area contributed by atoms with Crippen molar-refractivity contribution in [2.75, 3.05) is 7.11 Å². The molecule has 24 heavy (non-hydrogen) atoms. The molecule has 0 radical (unpaired) electrons. The van der Waals surface area contributed by atoms with Gasteiger partial charge in [-0.1, -0.05) is 30.3 Å². The Labute approximate surface area is 143 Å². The molecule has 1 aromatic carbocycles. The van der Waals surface area contributed by atoms with Crippen LogP contribution in [0.25, 0.3) is 0 Å². The van der Waals surface area contributed by atoms with Crippen LogP contribution in [-0.2, 0) is 18.8 Å². The molecule has 128 valence electrons. The van der Waals surface area contributed by atoms with Crippen molar-refractivity contribution in [2.24, 2.45) is 16.7 Å². The molecule has 0 N–H and O–H groups in total. The summed E-state index contributed by atoms with van der Waals surface area (Å²) in [7, 11) is -0.426. The summed E-state index contributed by atoms with van der Waals surface area (Å²) >= 11 is 0. The van der Waals surface area contributed by atoms with E-state index in [0.717, 1.165) is 18.0 Å². The van der Waals surface area contributed by atoms with Crippen molar-refractivity contribution in [2.45, 2.75) is 44.5 Å². The molecule has 2 aliphatic carbocycles. The van der Waals surface area contributed by atoms with Gasteiger partial charge >= 0.3 is 5.97 Å². The lowest BCUT2D eigenvalue weighted by Gasteiger charge is -2.66. The molecule has 2 saturated carbocycles. The van der Waals surface area contributed by atoms with E-state index in [0.29, 0.717) is 18.8 Å². The van der Waals surface area contributed by atoms with Gasteiger partial charge in [-0.25, -0.2) is 0 Å². The number of Topliss-reactive ketones (excluding diaryl/α,β-unsaturated/α-hetero) is 1. The normalized spacial score (nSPS) is 39.5. The van der Waals surface area contributed by atoms with E-state index in [1.54, 1.807) is 0 Å². The van der Waals surface area contributed by atoms with E-state index in [1.807, 2.05) is 18.2 Å². The number of carbonyl (C=O) groups excluding carboxylic acids is 2. The minimum Gasteiger partial charge on any atom is -0.468 e. The first-order valence-electron chi connectivity index (χ1n) is 8.72. The van der Waals surface area contributed by atoms with Crippen LogP contribution >= 0.6 is 0 Å². The molecule has 1 heterocycles. The quantitative estimate of drug-likeness (QED) is 0.468. The zero-order chi connectivity index (χ0) is 17.2. The number of benzene rings is 1. The molecule has 3 aliphatic rings. The first-order chi connectivity index (χ1) is 11.4. The molecule has 1 saturated heterocycles. The average molecular weight is 344 g/mol. The Balaban J connectivity index is 1.87. The highest BCUT2D eigenvalue weighted by atomic mass is 28.4. The second kappa shape index (κ2) is 5.02. The van der Waals surface area contributed by atoms with E-state index in [2.05, 4.69) is 25.2 Å². The van der Waals surface area contributed by atoms with E-state index in [4.69, 9.17) is 9.16 Å². The minimum absolute atomic E-state index is 0.0523. The first kappa shape index (κ1) is 16.0. The molecular formula is C19H24O4Si. The molecule has 4 atom stereocenters. The molecule has 4 nitrogen and oxygen atoms in total. The molecule has 0 bridgehead atoms.